The summed E-state index contributed by atoms with van der Waals surface area (Å²) >= 11 is 7.55. The molecule has 1 aliphatic carbocycles. The molecule has 1 aromatic heterocycles. The van der Waals surface area contributed by atoms with Crippen LogP contribution in [0.2, 0.25) is 4.34 Å². The maximum atomic E-state index is 5.90. The van der Waals surface area contributed by atoms with Crippen molar-refractivity contribution >= 4 is 22.9 Å². The Morgan fingerprint density at radius 3 is 2.80 bits per heavy atom. The quantitative estimate of drug-likeness (QED) is 0.617. The second-order valence-electron chi connectivity index (χ2n) is 4.31. The predicted molar refractivity (Wildman–Crippen MR) is 66.1 cm³/mol. The SMILES string of the molecule is NNC(Cc1ccc(Cl)s1)CC1CCC1. The average Bonchev–Trinajstić information content (AvgIpc) is 2.55. The van der Waals surface area contributed by atoms with Crippen LogP contribution >= 0.6 is 22.9 Å². The summed E-state index contributed by atoms with van der Waals surface area (Å²) in [6, 6.07) is 4.46. The van der Waals surface area contributed by atoms with Crippen LogP contribution < -0.4 is 11.3 Å². The monoisotopic (exact) mass is 244 g/mol. The van der Waals surface area contributed by atoms with Gasteiger partial charge in [0.25, 0.3) is 0 Å². The zero-order valence-electron chi connectivity index (χ0n) is 8.71. The molecule has 0 aromatic carbocycles. The second kappa shape index (κ2) is 5.30. The van der Waals surface area contributed by atoms with Gasteiger partial charge in [0.1, 0.15) is 0 Å². The van der Waals surface area contributed by atoms with Gasteiger partial charge < -0.3 is 0 Å². The van der Waals surface area contributed by atoms with E-state index in [1.807, 2.05) is 6.07 Å². The van der Waals surface area contributed by atoms with Crippen LogP contribution in [0.15, 0.2) is 12.1 Å². The van der Waals surface area contributed by atoms with Gasteiger partial charge in [-0.2, -0.15) is 0 Å². The van der Waals surface area contributed by atoms with Gasteiger partial charge in [0.05, 0.1) is 4.34 Å². The first-order chi connectivity index (χ1) is 7.28. The fourth-order valence-electron chi connectivity index (χ4n) is 2.05. The van der Waals surface area contributed by atoms with E-state index in [0.717, 1.165) is 16.7 Å². The number of rotatable bonds is 5. The third-order valence-electron chi connectivity index (χ3n) is 3.15. The fourth-order valence-corrected chi connectivity index (χ4v) is 3.21. The number of nitrogens with one attached hydrogen (secondary N) is 1. The summed E-state index contributed by atoms with van der Waals surface area (Å²) in [5, 5.41) is 0. The molecule has 0 saturated heterocycles. The second-order valence-corrected chi connectivity index (χ2v) is 6.11. The van der Waals surface area contributed by atoms with E-state index in [1.165, 1.54) is 30.6 Å². The Kier molecular flexibility index (Phi) is 4.03. The first kappa shape index (κ1) is 11.4. The van der Waals surface area contributed by atoms with Crippen LogP contribution in [0.25, 0.3) is 0 Å². The molecule has 0 aliphatic heterocycles. The maximum Gasteiger partial charge on any atom is 0.0931 e. The van der Waals surface area contributed by atoms with Gasteiger partial charge in [-0.25, -0.2) is 0 Å². The molecule has 0 bridgehead atoms. The normalized spacial score (nSPS) is 18.8. The van der Waals surface area contributed by atoms with Gasteiger partial charge in [0, 0.05) is 10.9 Å². The lowest BCUT2D eigenvalue weighted by molar-refractivity contribution is 0.260. The van der Waals surface area contributed by atoms with E-state index < -0.39 is 0 Å². The number of nitrogens with two attached hydrogens (primary N) is 1. The van der Waals surface area contributed by atoms with Gasteiger partial charge in [-0.3, -0.25) is 11.3 Å². The Bertz CT molecular complexity index is 309. The third-order valence-corrected chi connectivity index (χ3v) is 4.41. The first-order valence-corrected chi connectivity index (χ1v) is 6.67. The maximum absolute atomic E-state index is 5.90. The zero-order chi connectivity index (χ0) is 10.7. The van der Waals surface area contributed by atoms with E-state index in [1.54, 1.807) is 11.3 Å². The molecule has 84 valence electrons. The lowest BCUT2D eigenvalue weighted by Crippen LogP contribution is -2.39. The number of hydrogen-bond acceptors (Lipinski definition) is 3. The highest BCUT2D eigenvalue weighted by Gasteiger charge is 2.21. The zero-order valence-corrected chi connectivity index (χ0v) is 10.3. The van der Waals surface area contributed by atoms with Crippen LogP contribution in [0.3, 0.4) is 0 Å². The highest BCUT2D eigenvalue weighted by Crippen LogP contribution is 2.31. The number of halogens is 1. The minimum atomic E-state index is 0.407. The van der Waals surface area contributed by atoms with Crippen molar-refractivity contribution in [3.63, 3.8) is 0 Å². The molecule has 1 aromatic rings. The average molecular weight is 245 g/mol. The molecule has 15 heavy (non-hydrogen) atoms. The van der Waals surface area contributed by atoms with E-state index in [9.17, 15) is 0 Å². The molecular weight excluding hydrogens is 228 g/mol. The Morgan fingerprint density at radius 1 is 1.53 bits per heavy atom. The molecule has 1 heterocycles. The van der Waals surface area contributed by atoms with Gasteiger partial charge in [-0.05, 0) is 30.9 Å². The lowest BCUT2D eigenvalue weighted by Gasteiger charge is -2.29. The van der Waals surface area contributed by atoms with E-state index in [4.69, 9.17) is 17.4 Å². The van der Waals surface area contributed by atoms with E-state index in [0.29, 0.717) is 6.04 Å². The summed E-state index contributed by atoms with van der Waals surface area (Å²) < 4.78 is 0.865. The van der Waals surface area contributed by atoms with Crippen LogP contribution in [-0.2, 0) is 6.42 Å². The van der Waals surface area contributed by atoms with Crippen LogP contribution in [0.4, 0.5) is 0 Å². The highest BCUT2D eigenvalue weighted by molar-refractivity contribution is 7.16. The Labute approximate surface area is 99.8 Å². The number of hydrazine groups is 1. The minimum Gasteiger partial charge on any atom is -0.271 e. The number of thiophene rings is 1. The van der Waals surface area contributed by atoms with E-state index in [2.05, 4.69) is 11.5 Å². The molecular formula is C11H17ClN2S. The van der Waals surface area contributed by atoms with Crippen molar-refractivity contribution in [1.82, 2.24) is 5.43 Å². The van der Waals surface area contributed by atoms with Crippen molar-refractivity contribution in [2.24, 2.45) is 11.8 Å². The van der Waals surface area contributed by atoms with Crippen molar-refractivity contribution in [3.05, 3.63) is 21.3 Å². The van der Waals surface area contributed by atoms with Gasteiger partial charge in [-0.15, -0.1) is 11.3 Å². The molecule has 1 saturated carbocycles. The van der Waals surface area contributed by atoms with Crippen molar-refractivity contribution in [3.8, 4) is 0 Å². The summed E-state index contributed by atoms with van der Waals surface area (Å²) in [5.41, 5.74) is 2.92. The van der Waals surface area contributed by atoms with Crippen molar-refractivity contribution in [2.45, 2.75) is 38.1 Å². The Morgan fingerprint density at radius 2 is 2.33 bits per heavy atom. The summed E-state index contributed by atoms with van der Waals surface area (Å²) in [7, 11) is 0. The smallest absolute Gasteiger partial charge is 0.0931 e. The molecule has 1 fully saturated rings. The molecule has 0 spiro atoms. The predicted octanol–water partition coefficient (Wildman–Crippen LogP) is 2.97. The first-order valence-electron chi connectivity index (χ1n) is 5.48. The van der Waals surface area contributed by atoms with Crippen LogP contribution in [0.1, 0.15) is 30.6 Å². The summed E-state index contributed by atoms with van der Waals surface area (Å²) in [4.78, 5) is 1.32. The standard InChI is InChI=1S/C11H17ClN2S/c12-11-5-4-10(15-11)7-9(14-13)6-8-2-1-3-8/h4-5,8-9,14H,1-3,6-7,13H2. The molecule has 2 rings (SSSR count). The van der Waals surface area contributed by atoms with Crippen molar-refractivity contribution in [1.29, 1.82) is 0 Å². The van der Waals surface area contributed by atoms with Crippen LogP contribution in [0.5, 0.6) is 0 Å². The Balaban J connectivity index is 1.84. The molecule has 1 unspecified atom stereocenters. The largest absolute Gasteiger partial charge is 0.271 e. The third kappa shape index (κ3) is 3.18. The molecule has 3 N–H and O–H groups in total. The van der Waals surface area contributed by atoms with Gasteiger partial charge in [0.2, 0.25) is 0 Å². The van der Waals surface area contributed by atoms with Crippen LogP contribution in [-0.4, -0.2) is 6.04 Å². The molecule has 4 heteroatoms. The van der Waals surface area contributed by atoms with Crippen molar-refractivity contribution in [2.75, 3.05) is 0 Å². The van der Waals surface area contributed by atoms with Crippen LogP contribution in [0, 0.1) is 5.92 Å². The van der Waals surface area contributed by atoms with E-state index >= 15 is 0 Å². The van der Waals surface area contributed by atoms with E-state index in [-0.39, 0.29) is 0 Å². The minimum absolute atomic E-state index is 0.407. The topological polar surface area (TPSA) is 38.0 Å². The molecule has 2 nitrogen and oxygen atoms in total. The summed E-state index contributed by atoms with van der Waals surface area (Å²) in [6.07, 6.45) is 6.36. The molecule has 1 aliphatic rings. The van der Waals surface area contributed by atoms with Gasteiger partial charge in [-0.1, -0.05) is 30.9 Å². The summed E-state index contributed by atoms with van der Waals surface area (Å²) in [6.45, 7) is 0. The molecule has 0 amide bonds. The number of hydrogen-bond donors (Lipinski definition) is 2. The van der Waals surface area contributed by atoms with Crippen molar-refractivity contribution < 1.29 is 0 Å². The molecule has 1 atom stereocenters. The highest BCUT2D eigenvalue weighted by atomic mass is 35.5. The lowest BCUT2D eigenvalue weighted by atomic mass is 9.80. The summed E-state index contributed by atoms with van der Waals surface area (Å²) in [5.74, 6) is 6.47. The van der Waals surface area contributed by atoms with Gasteiger partial charge in [0.15, 0.2) is 0 Å². The Hall–Kier alpha value is -0.0900. The molecule has 0 radical (unpaired) electrons. The van der Waals surface area contributed by atoms with Gasteiger partial charge >= 0.3 is 0 Å². The fraction of sp³-hybridized carbons (Fsp3) is 0.636.